The highest BCUT2D eigenvalue weighted by Crippen LogP contribution is 2.24. The third kappa shape index (κ3) is 4.65. The zero-order chi connectivity index (χ0) is 18.4. The topological polar surface area (TPSA) is 37.3 Å². The van der Waals surface area contributed by atoms with E-state index in [1.54, 1.807) is 12.1 Å². The highest BCUT2D eigenvalue weighted by Gasteiger charge is 2.26. The summed E-state index contributed by atoms with van der Waals surface area (Å²) in [5.41, 5.74) is 2.00. The van der Waals surface area contributed by atoms with Gasteiger partial charge in [-0.3, -0.25) is 0 Å². The molecular weight excluding hydrogens is 329 g/mol. The number of hydrogen-bond acceptors (Lipinski definition) is 1. The summed E-state index contributed by atoms with van der Waals surface area (Å²) in [7, 11) is 0. The molecule has 0 unspecified atom stereocenters. The van der Waals surface area contributed by atoms with Crippen LogP contribution in [0.5, 0.6) is 0 Å². The summed E-state index contributed by atoms with van der Waals surface area (Å²) in [6, 6.07) is 11.0. The number of amides is 2. The highest BCUT2D eigenvalue weighted by molar-refractivity contribution is 5.74. The van der Waals surface area contributed by atoms with Crippen LogP contribution in [-0.4, -0.2) is 28.1 Å². The predicted molar refractivity (Wildman–Crippen MR) is 101 cm³/mol. The first kappa shape index (κ1) is 18.5. The fourth-order valence-corrected chi connectivity index (χ4v) is 3.77. The molecule has 0 atom stereocenters. The first-order chi connectivity index (χ1) is 12.7. The lowest BCUT2D eigenvalue weighted by molar-refractivity contribution is 0.149. The average Bonchev–Trinajstić information content (AvgIpc) is 3.07. The van der Waals surface area contributed by atoms with E-state index in [1.165, 1.54) is 25.3 Å². The second kappa shape index (κ2) is 8.88. The molecule has 2 amide bonds. The molecule has 0 bridgehead atoms. The number of rotatable bonds is 6. The molecule has 3 rings (SSSR count). The zero-order valence-corrected chi connectivity index (χ0v) is 15.5. The monoisotopic (exact) mass is 357 g/mol. The maximum atomic E-state index is 13.5. The molecule has 0 spiro atoms. The summed E-state index contributed by atoms with van der Waals surface area (Å²) in [4.78, 5) is 14.6. The van der Waals surface area contributed by atoms with Gasteiger partial charge in [0.25, 0.3) is 0 Å². The quantitative estimate of drug-likeness (QED) is 0.810. The molecule has 0 radical (unpaired) electrons. The Morgan fingerprint density at radius 1 is 1.23 bits per heavy atom. The fourth-order valence-electron chi connectivity index (χ4n) is 3.77. The maximum Gasteiger partial charge on any atom is 0.317 e. The third-order valence-corrected chi connectivity index (χ3v) is 5.10. The Morgan fingerprint density at radius 2 is 2.04 bits per heavy atom. The molecule has 4 nitrogen and oxygen atoms in total. The summed E-state index contributed by atoms with van der Waals surface area (Å²) in [6.45, 7) is 3.77. The molecule has 1 heterocycles. The first-order valence-electron chi connectivity index (χ1n) is 9.60. The summed E-state index contributed by atoms with van der Waals surface area (Å²) >= 11 is 0. The summed E-state index contributed by atoms with van der Waals surface area (Å²) in [6.07, 6.45) is 7.77. The van der Waals surface area contributed by atoms with Gasteiger partial charge in [-0.05, 0) is 49.6 Å². The molecular formula is C21H28FN3O. The Kier molecular flexibility index (Phi) is 6.31. The number of aromatic nitrogens is 1. The van der Waals surface area contributed by atoms with Crippen LogP contribution in [0.15, 0.2) is 42.6 Å². The second-order valence-electron chi connectivity index (χ2n) is 7.01. The van der Waals surface area contributed by atoms with Crippen molar-refractivity contribution >= 4 is 6.03 Å². The van der Waals surface area contributed by atoms with Gasteiger partial charge in [-0.25, -0.2) is 9.18 Å². The number of hydrogen-bond donors (Lipinski definition) is 1. The van der Waals surface area contributed by atoms with Gasteiger partial charge < -0.3 is 14.8 Å². The number of urea groups is 1. The Bertz CT molecular complexity index is 722. The van der Waals surface area contributed by atoms with Crippen molar-refractivity contribution in [3.63, 3.8) is 0 Å². The highest BCUT2D eigenvalue weighted by atomic mass is 19.1. The lowest BCUT2D eigenvalue weighted by atomic mass is 9.94. The predicted octanol–water partition coefficient (Wildman–Crippen LogP) is 4.54. The number of benzene rings is 1. The third-order valence-electron chi connectivity index (χ3n) is 5.10. The second-order valence-corrected chi connectivity index (χ2v) is 7.01. The number of halogens is 1. The van der Waals surface area contributed by atoms with Gasteiger partial charge in [0, 0.05) is 31.0 Å². The molecule has 5 heteroatoms. The molecule has 1 fully saturated rings. The van der Waals surface area contributed by atoms with Gasteiger partial charge in [0.15, 0.2) is 0 Å². The van der Waals surface area contributed by atoms with Crippen LogP contribution >= 0.6 is 0 Å². The van der Waals surface area contributed by atoms with E-state index in [-0.39, 0.29) is 11.8 Å². The van der Waals surface area contributed by atoms with Crippen LogP contribution in [0.2, 0.25) is 0 Å². The largest absolute Gasteiger partial charge is 0.345 e. The molecule has 0 aliphatic heterocycles. The van der Waals surface area contributed by atoms with Crippen molar-refractivity contribution in [2.75, 3.05) is 6.54 Å². The van der Waals surface area contributed by atoms with Crippen molar-refractivity contribution in [3.05, 3.63) is 59.7 Å². The molecule has 1 N–H and O–H groups in total. The van der Waals surface area contributed by atoms with Crippen molar-refractivity contribution in [2.24, 2.45) is 0 Å². The van der Waals surface area contributed by atoms with E-state index in [4.69, 9.17) is 0 Å². The molecule has 0 saturated heterocycles. The van der Waals surface area contributed by atoms with Crippen molar-refractivity contribution < 1.29 is 9.18 Å². The van der Waals surface area contributed by atoms with Crippen LogP contribution < -0.4 is 5.32 Å². The molecule has 1 aromatic carbocycles. The standard InChI is InChI=1S/C21H28FN3O/c1-2-23-21(26)25(19-10-4-3-5-11-19)16-20-12-7-13-24(20)15-17-8-6-9-18(22)14-17/h6-9,12-14,19H,2-5,10-11,15-16H2,1H3,(H,23,26). The van der Waals surface area contributed by atoms with E-state index in [9.17, 15) is 9.18 Å². The van der Waals surface area contributed by atoms with Crippen LogP contribution in [0.25, 0.3) is 0 Å². The minimum absolute atomic E-state index is 0.0119. The number of carbonyl (C=O) groups excluding carboxylic acids is 1. The average molecular weight is 357 g/mol. The minimum Gasteiger partial charge on any atom is -0.345 e. The summed E-state index contributed by atoms with van der Waals surface area (Å²) < 4.78 is 15.6. The van der Waals surface area contributed by atoms with Gasteiger partial charge in [-0.15, -0.1) is 0 Å². The minimum atomic E-state index is -0.220. The van der Waals surface area contributed by atoms with Crippen LogP contribution in [0.1, 0.15) is 50.3 Å². The van der Waals surface area contributed by atoms with Gasteiger partial charge >= 0.3 is 6.03 Å². The van der Waals surface area contributed by atoms with Crippen molar-refractivity contribution in [1.29, 1.82) is 0 Å². The molecule has 26 heavy (non-hydrogen) atoms. The lowest BCUT2D eigenvalue weighted by Gasteiger charge is -2.34. The van der Waals surface area contributed by atoms with E-state index >= 15 is 0 Å². The SMILES string of the molecule is CCNC(=O)N(Cc1cccn1Cc1cccc(F)c1)C1CCCCC1. The molecule has 2 aromatic rings. The van der Waals surface area contributed by atoms with Crippen molar-refractivity contribution in [1.82, 2.24) is 14.8 Å². The maximum absolute atomic E-state index is 13.5. The van der Waals surface area contributed by atoms with Crippen molar-refractivity contribution in [2.45, 2.75) is 58.2 Å². The van der Waals surface area contributed by atoms with E-state index in [0.717, 1.165) is 24.1 Å². The smallest absolute Gasteiger partial charge is 0.317 e. The number of nitrogens with zero attached hydrogens (tertiary/aromatic N) is 2. The van der Waals surface area contributed by atoms with Crippen LogP contribution in [-0.2, 0) is 13.1 Å². The van der Waals surface area contributed by atoms with Crippen molar-refractivity contribution in [3.8, 4) is 0 Å². The van der Waals surface area contributed by atoms with E-state index in [1.807, 2.05) is 36.2 Å². The Labute approximate surface area is 155 Å². The Balaban J connectivity index is 1.76. The van der Waals surface area contributed by atoms with Gasteiger partial charge in [-0.2, -0.15) is 0 Å². The van der Waals surface area contributed by atoms with E-state index in [2.05, 4.69) is 9.88 Å². The molecule has 1 aliphatic carbocycles. The molecule has 140 valence electrons. The van der Waals surface area contributed by atoms with Gasteiger partial charge in [0.05, 0.1) is 6.54 Å². The molecule has 1 saturated carbocycles. The van der Waals surface area contributed by atoms with Gasteiger partial charge in [0.1, 0.15) is 5.82 Å². The van der Waals surface area contributed by atoms with Crippen LogP contribution in [0.3, 0.4) is 0 Å². The normalized spacial score (nSPS) is 15.0. The van der Waals surface area contributed by atoms with E-state index < -0.39 is 0 Å². The van der Waals surface area contributed by atoms with Gasteiger partial charge in [0.2, 0.25) is 0 Å². The van der Waals surface area contributed by atoms with Gasteiger partial charge in [-0.1, -0.05) is 31.4 Å². The number of nitrogens with one attached hydrogen (secondary N) is 1. The summed E-state index contributed by atoms with van der Waals surface area (Å²) in [5, 5.41) is 2.96. The zero-order valence-electron chi connectivity index (χ0n) is 15.5. The fraction of sp³-hybridized carbons (Fsp3) is 0.476. The first-order valence-corrected chi connectivity index (χ1v) is 9.60. The Hall–Kier alpha value is -2.30. The number of carbonyl (C=O) groups is 1. The Morgan fingerprint density at radius 3 is 2.77 bits per heavy atom. The van der Waals surface area contributed by atoms with Crippen LogP contribution in [0, 0.1) is 5.82 Å². The van der Waals surface area contributed by atoms with E-state index in [0.29, 0.717) is 25.7 Å². The molecule has 1 aromatic heterocycles. The van der Waals surface area contributed by atoms with Crippen LogP contribution in [0.4, 0.5) is 9.18 Å². The molecule has 1 aliphatic rings. The summed E-state index contributed by atoms with van der Waals surface area (Å²) in [5.74, 6) is -0.220. The lowest BCUT2D eigenvalue weighted by Crippen LogP contribution is -2.46.